The topological polar surface area (TPSA) is 128 Å². The van der Waals surface area contributed by atoms with Crippen molar-refractivity contribution in [3.8, 4) is 0 Å². The Kier molecular flexibility index (Phi) is 4.43. The van der Waals surface area contributed by atoms with E-state index in [0.29, 0.717) is 18.4 Å². The third-order valence-electron chi connectivity index (χ3n) is 10.4. The standard InChI is InChI=1S/C27H32O9/c1-22(2)26(36-22)18(30)17(29)25(5)15(23(26,3)11-8-16(28)32-6)7-10-24(4)19(14-9-12-33-13-14)34-21(31)20-27(24,25)35-20/h8-9,11-13,15,17,19-20,29H,7,10H2,1-6H3. The molecular formula is C27H32O9. The number of esters is 2. The summed E-state index contributed by atoms with van der Waals surface area (Å²) in [4.78, 5) is 39.5. The van der Waals surface area contributed by atoms with E-state index in [0.717, 1.165) is 0 Å². The lowest BCUT2D eigenvalue weighted by molar-refractivity contribution is -0.233. The van der Waals surface area contributed by atoms with Crippen molar-refractivity contribution in [3.63, 3.8) is 0 Å². The second kappa shape index (κ2) is 6.68. The van der Waals surface area contributed by atoms with Crippen LogP contribution in [0.2, 0.25) is 0 Å². The van der Waals surface area contributed by atoms with Crippen LogP contribution in [-0.4, -0.2) is 58.9 Å². The Bertz CT molecular complexity index is 1200. The molecular weight excluding hydrogens is 468 g/mol. The van der Waals surface area contributed by atoms with Gasteiger partial charge in [-0.05, 0) is 38.7 Å². The summed E-state index contributed by atoms with van der Waals surface area (Å²) in [6.07, 6.45) is 4.24. The van der Waals surface area contributed by atoms with E-state index in [4.69, 9.17) is 23.4 Å². The Morgan fingerprint density at radius 3 is 2.44 bits per heavy atom. The molecule has 0 bridgehead atoms. The predicted octanol–water partition coefficient (Wildman–Crippen LogP) is 2.66. The minimum atomic E-state index is -1.45. The maximum Gasteiger partial charge on any atom is 0.339 e. The van der Waals surface area contributed by atoms with Gasteiger partial charge >= 0.3 is 11.9 Å². The minimum absolute atomic E-state index is 0.366. The van der Waals surface area contributed by atoms with Crippen molar-refractivity contribution in [2.45, 2.75) is 82.6 Å². The number of aliphatic hydroxyl groups excluding tert-OH is 1. The van der Waals surface area contributed by atoms with Gasteiger partial charge in [0.25, 0.3) is 0 Å². The molecule has 9 nitrogen and oxygen atoms in total. The average molecular weight is 501 g/mol. The molecule has 2 spiro atoms. The minimum Gasteiger partial charge on any atom is -0.472 e. The first-order valence-corrected chi connectivity index (χ1v) is 12.4. The van der Waals surface area contributed by atoms with Crippen molar-refractivity contribution >= 4 is 17.7 Å². The van der Waals surface area contributed by atoms with E-state index in [1.807, 2.05) is 34.6 Å². The van der Waals surface area contributed by atoms with Crippen LogP contribution in [0.25, 0.3) is 0 Å². The molecule has 36 heavy (non-hydrogen) atoms. The Morgan fingerprint density at radius 2 is 1.86 bits per heavy atom. The van der Waals surface area contributed by atoms with Gasteiger partial charge in [0, 0.05) is 27.9 Å². The molecule has 5 fully saturated rings. The van der Waals surface area contributed by atoms with Gasteiger partial charge < -0.3 is 28.5 Å². The summed E-state index contributed by atoms with van der Waals surface area (Å²) in [6.45, 7) is 9.38. The van der Waals surface area contributed by atoms with Crippen LogP contribution >= 0.6 is 0 Å². The fraction of sp³-hybridized carbons (Fsp3) is 0.667. The third-order valence-corrected chi connectivity index (χ3v) is 10.4. The van der Waals surface area contributed by atoms with E-state index in [2.05, 4.69) is 0 Å². The highest BCUT2D eigenvalue weighted by molar-refractivity contribution is 5.99. The number of cyclic esters (lactones) is 1. The molecule has 0 radical (unpaired) electrons. The van der Waals surface area contributed by atoms with Gasteiger partial charge in [-0.2, -0.15) is 0 Å². The molecule has 9 atom stereocenters. The number of epoxide rings is 2. The van der Waals surface area contributed by atoms with Crippen LogP contribution in [0.3, 0.4) is 0 Å². The molecule has 0 aromatic carbocycles. The summed E-state index contributed by atoms with van der Waals surface area (Å²) >= 11 is 0. The number of hydrogen-bond donors (Lipinski definition) is 1. The number of hydrogen-bond acceptors (Lipinski definition) is 9. The van der Waals surface area contributed by atoms with Crippen LogP contribution in [0.5, 0.6) is 0 Å². The van der Waals surface area contributed by atoms with Gasteiger partial charge in [0.05, 0.1) is 19.6 Å². The Morgan fingerprint density at radius 1 is 1.17 bits per heavy atom. The molecule has 3 saturated heterocycles. The summed E-state index contributed by atoms with van der Waals surface area (Å²) < 4.78 is 28.5. The van der Waals surface area contributed by atoms with E-state index in [1.165, 1.54) is 19.4 Å². The quantitative estimate of drug-likeness (QED) is 0.378. The van der Waals surface area contributed by atoms with Crippen molar-refractivity contribution in [2.24, 2.45) is 22.2 Å². The monoisotopic (exact) mass is 500 g/mol. The molecule has 9 unspecified atom stereocenters. The highest BCUT2D eigenvalue weighted by Crippen LogP contribution is 2.81. The Balaban J connectivity index is 1.55. The summed E-state index contributed by atoms with van der Waals surface area (Å²) in [7, 11) is 1.29. The third kappa shape index (κ3) is 2.28. The number of furan rings is 1. The Labute approximate surface area is 209 Å². The van der Waals surface area contributed by atoms with Crippen LogP contribution < -0.4 is 0 Å². The van der Waals surface area contributed by atoms with Crippen LogP contribution in [-0.2, 0) is 33.3 Å². The largest absolute Gasteiger partial charge is 0.472 e. The zero-order chi connectivity index (χ0) is 26.1. The van der Waals surface area contributed by atoms with Gasteiger partial charge in [-0.3, -0.25) is 4.79 Å². The molecule has 1 aromatic heterocycles. The van der Waals surface area contributed by atoms with E-state index >= 15 is 0 Å². The summed E-state index contributed by atoms with van der Waals surface area (Å²) in [5.74, 6) is -1.90. The number of carbonyl (C=O) groups is 3. The Hall–Kier alpha value is -2.49. The predicted molar refractivity (Wildman–Crippen MR) is 122 cm³/mol. The number of methoxy groups -OCH3 is 1. The second-order valence-electron chi connectivity index (χ2n) is 12.1. The van der Waals surface area contributed by atoms with Gasteiger partial charge in [-0.15, -0.1) is 0 Å². The highest BCUT2D eigenvalue weighted by Gasteiger charge is 2.92. The molecule has 5 aliphatic rings. The molecule has 6 rings (SSSR count). The van der Waals surface area contributed by atoms with Gasteiger partial charge in [0.1, 0.15) is 23.4 Å². The lowest BCUT2D eigenvalue weighted by Gasteiger charge is -2.65. The fourth-order valence-electron chi connectivity index (χ4n) is 8.80. The molecule has 2 aliphatic carbocycles. The molecule has 2 saturated carbocycles. The van der Waals surface area contributed by atoms with Crippen LogP contribution in [0, 0.1) is 22.2 Å². The summed E-state index contributed by atoms with van der Waals surface area (Å²) in [5, 5.41) is 11.8. The van der Waals surface area contributed by atoms with E-state index in [1.54, 1.807) is 18.4 Å². The van der Waals surface area contributed by atoms with Crippen molar-refractivity contribution < 1.29 is 42.9 Å². The van der Waals surface area contributed by atoms with Crippen LogP contribution in [0.1, 0.15) is 59.1 Å². The van der Waals surface area contributed by atoms with Crippen LogP contribution in [0.4, 0.5) is 0 Å². The number of Topliss-reactive ketones (excluding diaryl/α,β-unsaturated/α-hetero) is 1. The molecule has 1 N–H and O–H groups in total. The van der Waals surface area contributed by atoms with E-state index < -0.39 is 69.1 Å². The number of fused-ring (bicyclic) bond motifs is 1. The van der Waals surface area contributed by atoms with Crippen LogP contribution in [0.15, 0.2) is 35.2 Å². The molecule has 3 aliphatic heterocycles. The SMILES string of the molecule is COC(=O)C=CC1(C)C2CCC3(C)C(c4ccoc4)OC(=O)C4OC43C2(C)C(O)C(=O)C12OC2(C)C. The van der Waals surface area contributed by atoms with Gasteiger partial charge in [0.15, 0.2) is 17.5 Å². The lowest BCUT2D eigenvalue weighted by atomic mass is 9.37. The number of ketones is 1. The van der Waals surface area contributed by atoms with Crippen molar-refractivity contribution in [2.75, 3.05) is 7.11 Å². The lowest BCUT2D eigenvalue weighted by Crippen LogP contribution is -2.75. The molecule has 1 aromatic rings. The van der Waals surface area contributed by atoms with Gasteiger partial charge in [-0.1, -0.05) is 26.8 Å². The molecule has 194 valence electrons. The zero-order valence-corrected chi connectivity index (χ0v) is 21.3. The first kappa shape index (κ1) is 23.9. The average Bonchev–Trinajstić information content (AvgIpc) is 3.64. The molecule has 9 heteroatoms. The molecule has 4 heterocycles. The normalized spacial score (nSPS) is 50.2. The first-order chi connectivity index (χ1) is 16.8. The maximum absolute atomic E-state index is 14.1. The van der Waals surface area contributed by atoms with Crippen molar-refractivity contribution in [1.82, 2.24) is 0 Å². The van der Waals surface area contributed by atoms with Crippen molar-refractivity contribution in [1.29, 1.82) is 0 Å². The van der Waals surface area contributed by atoms with E-state index in [9.17, 15) is 19.5 Å². The molecule has 0 amide bonds. The highest BCUT2D eigenvalue weighted by atomic mass is 16.7. The van der Waals surface area contributed by atoms with Crippen molar-refractivity contribution in [3.05, 3.63) is 36.3 Å². The number of aliphatic hydroxyl groups is 1. The van der Waals surface area contributed by atoms with Gasteiger partial charge in [-0.25, -0.2) is 9.59 Å². The maximum atomic E-state index is 14.1. The van der Waals surface area contributed by atoms with E-state index in [-0.39, 0.29) is 5.92 Å². The number of rotatable bonds is 3. The number of carbonyl (C=O) groups excluding carboxylic acids is 3. The second-order valence-corrected chi connectivity index (χ2v) is 12.1. The summed E-state index contributed by atoms with van der Waals surface area (Å²) in [6, 6.07) is 1.76. The first-order valence-electron chi connectivity index (χ1n) is 12.4. The zero-order valence-electron chi connectivity index (χ0n) is 21.3. The fourth-order valence-corrected chi connectivity index (χ4v) is 8.80. The summed E-state index contributed by atoms with van der Waals surface area (Å²) in [5.41, 5.74) is -5.54. The smallest absolute Gasteiger partial charge is 0.339 e. The van der Waals surface area contributed by atoms with Gasteiger partial charge in [0.2, 0.25) is 0 Å². The number of ether oxygens (including phenoxy) is 4.